The zero-order valence-electron chi connectivity index (χ0n) is 3.01. The quantitative estimate of drug-likeness (QED) is 0.344. The van der Waals surface area contributed by atoms with Crippen LogP contribution in [0.3, 0.4) is 0 Å². The predicted molar refractivity (Wildman–Crippen MR) is 27.8 cm³/mol. The fourth-order valence-electron chi connectivity index (χ4n) is 0. The van der Waals surface area contributed by atoms with Gasteiger partial charge in [0.15, 0.2) is 0 Å². The largest absolute Gasteiger partial charge is 0.503 e. The van der Waals surface area contributed by atoms with Crippen molar-refractivity contribution in [3.05, 3.63) is 0 Å². The Morgan fingerprint density at radius 3 is 1.29 bits per heavy atom. The third kappa shape index (κ3) is 48700. The summed E-state index contributed by atoms with van der Waals surface area (Å²) in [6.07, 6.45) is -1.83. The van der Waals surface area contributed by atoms with Crippen LogP contribution in [0.25, 0.3) is 0 Å². The van der Waals surface area contributed by atoms with E-state index in [4.69, 9.17) is 15.0 Å². The van der Waals surface area contributed by atoms with Crippen molar-refractivity contribution < 1.29 is 20.5 Å². The monoisotopic (exact) mass is 123 g/mol. The van der Waals surface area contributed by atoms with E-state index in [0.29, 0.717) is 0 Å². The second-order valence-electron chi connectivity index (χ2n) is 0.283. The van der Waals surface area contributed by atoms with Crippen LogP contribution in [0.4, 0.5) is 4.79 Å². The SMILES string of the molecule is N.O.O=C(O)O.[MgH2]. The van der Waals surface area contributed by atoms with Gasteiger partial charge in [-0.2, -0.15) is 0 Å². The van der Waals surface area contributed by atoms with Gasteiger partial charge in [-0.05, 0) is 0 Å². The van der Waals surface area contributed by atoms with Crippen molar-refractivity contribution in [2.75, 3.05) is 0 Å². The third-order valence-electron chi connectivity index (χ3n) is 0. The first-order valence-corrected chi connectivity index (χ1v) is 0.651. The molecule has 0 unspecified atom stereocenters. The van der Waals surface area contributed by atoms with Crippen LogP contribution in [-0.2, 0) is 0 Å². The van der Waals surface area contributed by atoms with Gasteiger partial charge in [0.05, 0.1) is 0 Å². The van der Waals surface area contributed by atoms with Crippen LogP contribution in [0, 0.1) is 0 Å². The second kappa shape index (κ2) is 16.7. The molecular formula is CH9MgNO4. The number of carboxylic acid groups (broad SMARTS) is 2. The molecule has 44 valence electrons. The van der Waals surface area contributed by atoms with Gasteiger partial charge in [-0.1, -0.05) is 0 Å². The molecule has 0 radical (unpaired) electrons. The maximum absolute atomic E-state index is 8.56. The van der Waals surface area contributed by atoms with Crippen molar-refractivity contribution in [2.45, 2.75) is 0 Å². The average Bonchev–Trinajstić information content (AvgIpc) is 0.811. The lowest BCUT2D eigenvalue weighted by Gasteiger charge is -1.60. The molecule has 0 aromatic heterocycles. The number of hydrogen-bond acceptors (Lipinski definition) is 2. The Morgan fingerprint density at radius 1 is 1.29 bits per heavy atom. The number of hydrogen-bond donors (Lipinski definition) is 3. The van der Waals surface area contributed by atoms with E-state index in [1.807, 2.05) is 0 Å². The van der Waals surface area contributed by atoms with Crippen molar-refractivity contribution in [2.24, 2.45) is 0 Å². The third-order valence-corrected chi connectivity index (χ3v) is 0. The molecule has 7 N–H and O–H groups in total. The summed E-state index contributed by atoms with van der Waals surface area (Å²) in [4.78, 5) is 8.56. The number of carbonyl (C=O) groups is 1. The van der Waals surface area contributed by atoms with Gasteiger partial charge >= 0.3 is 29.2 Å². The second-order valence-corrected chi connectivity index (χ2v) is 0.283. The molecule has 0 aromatic rings. The summed E-state index contributed by atoms with van der Waals surface area (Å²) < 4.78 is 0. The Balaban J connectivity index is -0.0000000150. The Kier molecular flexibility index (Phi) is 67.5. The van der Waals surface area contributed by atoms with Crippen LogP contribution < -0.4 is 6.15 Å². The standard InChI is InChI=1S/CH2O3.Mg.H3N.H2O.2H/c2-1(3)4;;;;;/h(H2,2,3,4);;1H3;1H2;;. The van der Waals surface area contributed by atoms with Crippen LogP contribution in [0.1, 0.15) is 0 Å². The summed E-state index contributed by atoms with van der Waals surface area (Å²) in [5.74, 6) is 0. The summed E-state index contributed by atoms with van der Waals surface area (Å²) in [5.41, 5.74) is 0. The van der Waals surface area contributed by atoms with Gasteiger partial charge in [-0.15, -0.1) is 0 Å². The molecule has 0 saturated carbocycles. The Labute approximate surface area is 56.4 Å². The van der Waals surface area contributed by atoms with Crippen molar-refractivity contribution in [3.63, 3.8) is 0 Å². The molecule has 0 rings (SSSR count). The first-order valence-electron chi connectivity index (χ1n) is 0.651. The highest BCUT2D eigenvalue weighted by Crippen LogP contribution is 1.42. The summed E-state index contributed by atoms with van der Waals surface area (Å²) >= 11 is 0. The van der Waals surface area contributed by atoms with E-state index < -0.39 is 6.16 Å². The smallest absolute Gasteiger partial charge is 0.450 e. The van der Waals surface area contributed by atoms with E-state index in [1.165, 1.54) is 0 Å². The van der Waals surface area contributed by atoms with Crippen LogP contribution in [0.2, 0.25) is 0 Å². The highest BCUT2D eigenvalue weighted by molar-refractivity contribution is 5.75. The summed E-state index contributed by atoms with van der Waals surface area (Å²) in [7, 11) is 0. The fraction of sp³-hybridized carbons (Fsp3) is 0. The predicted octanol–water partition coefficient (Wildman–Crippen LogP) is -1.36. The van der Waals surface area contributed by atoms with E-state index >= 15 is 0 Å². The molecular weight excluding hydrogens is 114 g/mol. The highest BCUT2D eigenvalue weighted by atomic mass is 24.3. The van der Waals surface area contributed by atoms with Gasteiger partial charge in [-0.3, -0.25) is 0 Å². The number of rotatable bonds is 0. The molecule has 0 bridgehead atoms. The zero-order chi connectivity index (χ0) is 3.58. The topological polar surface area (TPSA) is 124 Å². The molecule has 0 aliphatic rings. The van der Waals surface area contributed by atoms with Crippen LogP contribution in [-0.4, -0.2) is 44.9 Å². The van der Waals surface area contributed by atoms with Crippen LogP contribution >= 0.6 is 0 Å². The van der Waals surface area contributed by atoms with Gasteiger partial charge < -0.3 is 21.8 Å². The maximum Gasteiger partial charge on any atom is 0.503 e. The van der Waals surface area contributed by atoms with Crippen LogP contribution in [0.15, 0.2) is 0 Å². The Bertz CT molecular complexity index is 34.7. The van der Waals surface area contributed by atoms with Gasteiger partial charge in [0.1, 0.15) is 0 Å². The van der Waals surface area contributed by atoms with Crippen LogP contribution in [0.5, 0.6) is 0 Å². The molecule has 0 aliphatic carbocycles. The minimum absolute atomic E-state index is 0. The molecule has 0 fully saturated rings. The molecule has 0 aromatic carbocycles. The zero-order valence-corrected chi connectivity index (χ0v) is 3.01. The molecule has 6 heteroatoms. The molecule has 0 saturated heterocycles. The minimum atomic E-state index is -1.83. The molecule has 0 heterocycles. The Hall–Kier alpha value is -0.0438. The summed E-state index contributed by atoms with van der Waals surface area (Å²) in [5, 5.41) is 13.9. The molecule has 5 nitrogen and oxygen atoms in total. The summed E-state index contributed by atoms with van der Waals surface area (Å²) in [6.45, 7) is 0. The van der Waals surface area contributed by atoms with Crippen molar-refractivity contribution in [3.8, 4) is 0 Å². The lowest BCUT2D eigenvalue weighted by molar-refractivity contribution is 0.137. The maximum atomic E-state index is 8.56. The normalized spacial score (nSPS) is 3.43. The van der Waals surface area contributed by atoms with E-state index in [2.05, 4.69) is 0 Å². The van der Waals surface area contributed by atoms with E-state index in [0.717, 1.165) is 0 Å². The molecule has 0 spiro atoms. The van der Waals surface area contributed by atoms with E-state index in [9.17, 15) is 0 Å². The highest BCUT2D eigenvalue weighted by Gasteiger charge is 1.70. The first-order chi connectivity index (χ1) is 1.73. The van der Waals surface area contributed by atoms with E-state index in [1.54, 1.807) is 0 Å². The molecule has 0 atom stereocenters. The van der Waals surface area contributed by atoms with Crippen molar-refractivity contribution in [1.82, 2.24) is 6.15 Å². The first kappa shape index (κ1) is 28.2. The Morgan fingerprint density at radius 2 is 1.29 bits per heavy atom. The minimum Gasteiger partial charge on any atom is -0.450 e. The van der Waals surface area contributed by atoms with Gasteiger partial charge in [0.2, 0.25) is 0 Å². The van der Waals surface area contributed by atoms with Gasteiger partial charge in [0.25, 0.3) is 0 Å². The van der Waals surface area contributed by atoms with Crippen molar-refractivity contribution in [1.29, 1.82) is 0 Å². The van der Waals surface area contributed by atoms with Crippen molar-refractivity contribution >= 4 is 29.2 Å². The fourth-order valence-corrected chi connectivity index (χ4v) is 0. The van der Waals surface area contributed by atoms with Gasteiger partial charge in [-0.25, -0.2) is 4.79 Å². The lowest BCUT2D eigenvalue weighted by Crippen LogP contribution is -1.81. The molecule has 0 aliphatic heterocycles. The molecule has 7 heavy (non-hydrogen) atoms. The van der Waals surface area contributed by atoms with E-state index in [-0.39, 0.29) is 34.7 Å². The summed E-state index contributed by atoms with van der Waals surface area (Å²) in [6, 6.07) is 0. The van der Waals surface area contributed by atoms with Gasteiger partial charge in [0, 0.05) is 0 Å². The molecule has 0 amide bonds. The average molecular weight is 123 g/mol. The lowest BCUT2D eigenvalue weighted by atomic mass is 11.5.